The van der Waals surface area contributed by atoms with E-state index >= 15 is 0 Å². The lowest BCUT2D eigenvalue weighted by atomic mass is 9.55. The highest BCUT2D eigenvalue weighted by molar-refractivity contribution is 5.84. The molecule has 6 aliphatic rings. The molecule has 1 spiro atoms. The summed E-state index contributed by atoms with van der Waals surface area (Å²) >= 11 is 0. The van der Waals surface area contributed by atoms with Crippen molar-refractivity contribution in [2.45, 2.75) is 75.5 Å². The molecule has 0 fully saturated rings. The summed E-state index contributed by atoms with van der Waals surface area (Å²) in [5.74, 6) is 3.26. The van der Waals surface area contributed by atoms with Crippen molar-refractivity contribution in [3.05, 3.63) is 190 Å². The van der Waals surface area contributed by atoms with E-state index in [2.05, 4.69) is 120 Å². The maximum Gasteiger partial charge on any atom is 0.163 e. The molecule has 2 heterocycles. The lowest BCUT2D eigenvalue weighted by molar-refractivity contribution is 0.292. The van der Waals surface area contributed by atoms with Crippen LogP contribution in [0.25, 0.3) is 28.1 Å². The van der Waals surface area contributed by atoms with Gasteiger partial charge in [-0.05, 0) is 145 Å². The summed E-state index contributed by atoms with van der Waals surface area (Å²) < 4.78 is 0. The molecule has 1 aromatic heterocycles. The molecule has 1 aliphatic heterocycles. The Morgan fingerprint density at radius 3 is 2.27 bits per heavy atom. The third-order valence-corrected chi connectivity index (χ3v) is 14.5. The Bertz CT molecular complexity index is 2820. The predicted octanol–water partition coefficient (Wildman–Crippen LogP) is 12.6. The van der Waals surface area contributed by atoms with Crippen LogP contribution in [0.2, 0.25) is 0 Å². The van der Waals surface area contributed by atoms with Crippen LogP contribution in [0.4, 0.5) is 11.4 Å². The second-order valence-corrected chi connectivity index (χ2v) is 17.4. The van der Waals surface area contributed by atoms with Crippen LogP contribution in [0.15, 0.2) is 156 Å². The Morgan fingerprint density at radius 1 is 0.627 bits per heavy atom. The van der Waals surface area contributed by atoms with Gasteiger partial charge in [0, 0.05) is 28.8 Å². The molecule has 7 bridgehead atoms. The van der Waals surface area contributed by atoms with Crippen molar-refractivity contribution in [1.82, 2.24) is 15.0 Å². The maximum absolute atomic E-state index is 9.44. The van der Waals surface area contributed by atoms with E-state index in [0.29, 0.717) is 11.5 Å². The number of aromatic nitrogens is 3. The van der Waals surface area contributed by atoms with Crippen molar-refractivity contribution in [2.75, 3.05) is 4.90 Å². The molecule has 5 aromatic carbocycles. The van der Waals surface area contributed by atoms with Gasteiger partial charge in [-0.1, -0.05) is 108 Å². The van der Waals surface area contributed by atoms with Crippen molar-refractivity contribution >= 4 is 16.9 Å². The Morgan fingerprint density at radius 2 is 1.42 bits per heavy atom. The summed E-state index contributed by atoms with van der Waals surface area (Å²) in [4.78, 5) is 19.2. The molecule has 0 saturated carbocycles. The van der Waals surface area contributed by atoms with Crippen molar-refractivity contribution in [3.8, 4) is 28.6 Å². The average Bonchev–Trinajstić information content (AvgIpc) is 3.32. The minimum absolute atomic E-state index is 0.119. The fourth-order valence-corrected chi connectivity index (χ4v) is 12.2. The lowest BCUT2D eigenvalue weighted by Gasteiger charge is -2.52. The minimum Gasteiger partial charge on any atom is -0.314 e. The summed E-state index contributed by atoms with van der Waals surface area (Å²) in [5.41, 5.74) is 18.3. The molecule has 0 amide bonds. The maximum atomic E-state index is 9.44. The molecule has 3 unspecified atom stereocenters. The van der Waals surface area contributed by atoms with Crippen LogP contribution >= 0.6 is 0 Å². The molecule has 5 nitrogen and oxygen atoms in total. The highest BCUT2D eigenvalue weighted by atomic mass is 15.2. The SMILES string of the molecule is N#Cc1ccc(-c2cccc(-c3nc(C4=CCCCC4)nc(C4CCC5=C6C4[C@@H]4CCCC7=C4Cc4ccccc4C75c4ccccc4N6c4ccccc4)n3)c2)cc1. The minimum atomic E-state index is -0.256. The molecule has 5 aliphatic carbocycles. The number of nitriles is 1. The van der Waals surface area contributed by atoms with Crippen LogP contribution in [0, 0.1) is 23.2 Å². The molecular weight excluding hydrogens is 719 g/mol. The van der Waals surface area contributed by atoms with Gasteiger partial charge < -0.3 is 4.90 Å². The zero-order chi connectivity index (χ0) is 39.1. The zero-order valence-electron chi connectivity index (χ0n) is 33.2. The summed E-state index contributed by atoms with van der Waals surface area (Å²) in [6.45, 7) is 0. The van der Waals surface area contributed by atoms with Crippen molar-refractivity contribution in [3.63, 3.8) is 0 Å². The van der Waals surface area contributed by atoms with E-state index in [4.69, 9.17) is 15.0 Å². The monoisotopic (exact) mass is 763 g/mol. The van der Waals surface area contributed by atoms with E-state index in [1.807, 2.05) is 24.3 Å². The van der Waals surface area contributed by atoms with Crippen molar-refractivity contribution < 1.29 is 0 Å². The van der Waals surface area contributed by atoms with Gasteiger partial charge in [-0.15, -0.1) is 0 Å². The highest BCUT2D eigenvalue weighted by Crippen LogP contribution is 2.69. The van der Waals surface area contributed by atoms with E-state index in [1.54, 1.807) is 16.7 Å². The van der Waals surface area contributed by atoms with E-state index in [0.717, 1.165) is 79.1 Å². The van der Waals surface area contributed by atoms with Crippen LogP contribution in [-0.4, -0.2) is 15.0 Å². The first-order valence-corrected chi connectivity index (χ1v) is 21.8. The third-order valence-electron chi connectivity index (χ3n) is 14.5. The number of fused-ring (bicyclic) bond motifs is 3. The Kier molecular flexibility index (Phi) is 7.99. The van der Waals surface area contributed by atoms with Crippen LogP contribution in [-0.2, 0) is 11.8 Å². The van der Waals surface area contributed by atoms with Gasteiger partial charge in [-0.3, -0.25) is 0 Å². The van der Waals surface area contributed by atoms with E-state index in [1.165, 1.54) is 58.6 Å². The largest absolute Gasteiger partial charge is 0.314 e. The van der Waals surface area contributed by atoms with Crippen molar-refractivity contribution in [1.29, 1.82) is 5.26 Å². The number of hydrogen-bond acceptors (Lipinski definition) is 5. The fraction of sp³-hybridized carbons (Fsp3) is 0.259. The molecular formula is C54H45N5. The normalized spacial score (nSPS) is 23.7. The smallest absolute Gasteiger partial charge is 0.163 e. The fourth-order valence-electron chi connectivity index (χ4n) is 12.2. The number of anilines is 2. The number of rotatable bonds is 5. The van der Waals surface area contributed by atoms with Gasteiger partial charge in [-0.25, -0.2) is 15.0 Å². The number of benzene rings is 5. The van der Waals surface area contributed by atoms with Crippen LogP contribution < -0.4 is 4.90 Å². The quantitative estimate of drug-likeness (QED) is 0.164. The summed E-state index contributed by atoms with van der Waals surface area (Å²) in [5, 5.41) is 9.44. The van der Waals surface area contributed by atoms with Gasteiger partial charge in [0.15, 0.2) is 11.6 Å². The van der Waals surface area contributed by atoms with Crippen LogP contribution in [0.1, 0.15) is 97.6 Å². The van der Waals surface area contributed by atoms with Gasteiger partial charge in [0.05, 0.1) is 22.7 Å². The third kappa shape index (κ3) is 5.18. The Hall–Kier alpha value is -6.38. The molecule has 0 radical (unpaired) electrons. The van der Waals surface area contributed by atoms with Crippen molar-refractivity contribution in [2.24, 2.45) is 11.8 Å². The first-order chi connectivity index (χ1) is 29.2. The molecule has 4 atom stereocenters. The summed E-state index contributed by atoms with van der Waals surface area (Å²) in [6, 6.07) is 48.6. The lowest BCUT2D eigenvalue weighted by Crippen LogP contribution is -2.45. The first kappa shape index (κ1) is 34.6. The molecule has 286 valence electrons. The van der Waals surface area contributed by atoms with E-state index in [9.17, 15) is 5.26 Å². The highest BCUT2D eigenvalue weighted by Gasteiger charge is 2.60. The molecule has 6 aromatic rings. The summed E-state index contributed by atoms with van der Waals surface area (Å²) in [7, 11) is 0. The molecule has 0 N–H and O–H groups in total. The standard InChI is InChI=1S/C54H45N5/c55-33-34-25-27-35(28-26-34)37-16-11-17-39(31-37)52-56-51(36-13-3-1-4-14-36)57-53(58-52)42-29-30-47-50-49(42)41-20-12-23-45-43(41)32-38-15-7-8-21-44(38)54(45,47)46-22-9-10-24-48(46)59(50)40-18-5-2-6-19-40/h2,5-11,13,15-19,21-22,24-28,31,41-42,49H,1,3-4,12,14,20,23,29-30,32H2/t41-,42?,49?,54?/m1/s1. The number of allylic oxidation sites excluding steroid dienone is 6. The predicted molar refractivity (Wildman–Crippen MR) is 235 cm³/mol. The van der Waals surface area contributed by atoms with E-state index in [-0.39, 0.29) is 17.3 Å². The molecule has 5 heteroatoms. The Balaban J connectivity index is 1.09. The van der Waals surface area contributed by atoms with Gasteiger partial charge in [-0.2, -0.15) is 5.26 Å². The Labute approximate surface area is 346 Å². The molecule has 12 rings (SSSR count). The molecule has 59 heavy (non-hydrogen) atoms. The first-order valence-electron chi connectivity index (χ1n) is 21.8. The van der Waals surface area contributed by atoms with Crippen LogP contribution in [0.3, 0.4) is 0 Å². The second kappa shape index (κ2) is 13.6. The molecule has 0 saturated heterocycles. The topological polar surface area (TPSA) is 65.7 Å². The van der Waals surface area contributed by atoms with Gasteiger partial charge >= 0.3 is 0 Å². The second-order valence-electron chi connectivity index (χ2n) is 17.4. The van der Waals surface area contributed by atoms with Gasteiger partial charge in [0.2, 0.25) is 0 Å². The van der Waals surface area contributed by atoms with Gasteiger partial charge in [0.25, 0.3) is 0 Å². The number of nitrogens with zero attached hydrogens (tertiary/aromatic N) is 5. The van der Waals surface area contributed by atoms with Crippen LogP contribution in [0.5, 0.6) is 0 Å². The average molecular weight is 764 g/mol. The van der Waals surface area contributed by atoms with E-state index < -0.39 is 0 Å². The number of para-hydroxylation sites is 2. The summed E-state index contributed by atoms with van der Waals surface area (Å²) in [6.07, 6.45) is 13.4. The zero-order valence-corrected chi connectivity index (χ0v) is 33.2. The number of hydrogen-bond donors (Lipinski definition) is 0. The van der Waals surface area contributed by atoms with Gasteiger partial charge in [0.1, 0.15) is 5.82 Å².